The van der Waals surface area contributed by atoms with Crippen molar-refractivity contribution in [3.05, 3.63) is 59.7 Å². The molecule has 3 N–H and O–H groups in total. The summed E-state index contributed by atoms with van der Waals surface area (Å²) in [5.41, 5.74) is 3.68. The number of carboxylic acid groups (broad SMARTS) is 1. The molecule has 0 aliphatic heterocycles. The Hall–Kier alpha value is -3.88. The molecule has 9 heteroatoms. The predicted molar refractivity (Wildman–Crippen MR) is 121 cm³/mol. The second-order valence-electron chi connectivity index (χ2n) is 8.65. The molecule has 0 saturated heterocycles. The van der Waals surface area contributed by atoms with Crippen molar-refractivity contribution >= 4 is 23.9 Å². The van der Waals surface area contributed by atoms with Crippen LogP contribution in [-0.4, -0.2) is 54.3 Å². The van der Waals surface area contributed by atoms with Gasteiger partial charge in [0.15, 0.2) is 0 Å². The highest BCUT2D eigenvalue weighted by molar-refractivity contribution is 5.88. The number of carbonyl (C=O) groups excluding carboxylic acids is 3. The predicted octanol–water partition coefficient (Wildman–Crippen LogP) is 2.58. The van der Waals surface area contributed by atoms with Crippen LogP contribution in [0, 0.1) is 0 Å². The van der Waals surface area contributed by atoms with Gasteiger partial charge in [-0.05, 0) is 35.1 Å². The minimum absolute atomic E-state index is 0.0775. The molecular weight excluding hydrogens is 440 g/mol. The lowest BCUT2D eigenvalue weighted by molar-refractivity contribution is -0.148. The number of esters is 1. The molecule has 1 fully saturated rings. The summed E-state index contributed by atoms with van der Waals surface area (Å²) in [5.74, 6) is -2.74. The van der Waals surface area contributed by atoms with Crippen LogP contribution in [0.1, 0.15) is 42.7 Å². The average molecular weight is 466 g/mol. The molecule has 2 aliphatic rings. The Morgan fingerprint density at radius 3 is 2.15 bits per heavy atom. The van der Waals surface area contributed by atoms with Gasteiger partial charge in [-0.2, -0.15) is 0 Å². The summed E-state index contributed by atoms with van der Waals surface area (Å²) in [7, 11) is 1.14. The highest BCUT2D eigenvalue weighted by atomic mass is 16.5. The quantitative estimate of drug-likeness (QED) is 0.484. The van der Waals surface area contributed by atoms with Gasteiger partial charge >= 0.3 is 18.0 Å². The fourth-order valence-corrected chi connectivity index (χ4v) is 4.35. The summed E-state index contributed by atoms with van der Waals surface area (Å²) in [6, 6.07) is 14.6. The molecule has 0 aromatic heterocycles. The van der Waals surface area contributed by atoms with Gasteiger partial charge in [-0.25, -0.2) is 9.59 Å². The Bertz CT molecular complexity index is 1080. The van der Waals surface area contributed by atoms with E-state index in [1.165, 1.54) is 0 Å². The van der Waals surface area contributed by atoms with E-state index in [9.17, 15) is 24.3 Å². The lowest BCUT2D eigenvalue weighted by Crippen LogP contribution is -2.46. The first-order valence-electron chi connectivity index (χ1n) is 11.0. The third kappa shape index (κ3) is 5.03. The number of hydrogen-bond acceptors (Lipinski definition) is 6. The van der Waals surface area contributed by atoms with Crippen molar-refractivity contribution in [1.29, 1.82) is 0 Å². The second-order valence-corrected chi connectivity index (χ2v) is 8.65. The van der Waals surface area contributed by atoms with Gasteiger partial charge in [0.1, 0.15) is 12.6 Å². The van der Waals surface area contributed by atoms with Crippen molar-refractivity contribution in [3.8, 4) is 11.1 Å². The number of methoxy groups -OCH3 is 1. The van der Waals surface area contributed by atoms with Crippen LogP contribution in [0.2, 0.25) is 0 Å². The van der Waals surface area contributed by atoms with Gasteiger partial charge in [0, 0.05) is 12.3 Å². The number of alkyl carbamates (subject to hydrolysis) is 1. The number of aliphatic carboxylic acids is 1. The van der Waals surface area contributed by atoms with Crippen LogP contribution >= 0.6 is 0 Å². The highest BCUT2D eigenvalue weighted by Crippen LogP contribution is 2.44. The number of fused-ring (bicyclic) bond motifs is 3. The molecule has 9 nitrogen and oxygen atoms in total. The van der Waals surface area contributed by atoms with Crippen LogP contribution in [0.15, 0.2) is 48.5 Å². The van der Waals surface area contributed by atoms with E-state index in [2.05, 4.69) is 27.5 Å². The third-order valence-electron chi connectivity index (χ3n) is 6.30. The molecule has 2 amide bonds. The first-order chi connectivity index (χ1) is 16.3. The Morgan fingerprint density at radius 2 is 1.62 bits per heavy atom. The molecule has 0 bridgehead atoms. The Labute approximate surface area is 196 Å². The van der Waals surface area contributed by atoms with Crippen molar-refractivity contribution in [2.24, 2.45) is 0 Å². The molecule has 1 saturated carbocycles. The fraction of sp³-hybridized carbons (Fsp3) is 0.360. The Kier molecular flexibility index (Phi) is 6.54. The normalized spacial score (nSPS) is 15.9. The highest BCUT2D eigenvalue weighted by Gasteiger charge is 2.46. The number of amides is 2. The van der Waals surface area contributed by atoms with E-state index >= 15 is 0 Å². The number of carbonyl (C=O) groups is 4. The summed E-state index contributed by atoms with van der Waals surface area (Å²) < 4.78 is 10.0. The monoisotopic (exact) mass is 466 g/mol. The summed E-state index contributed by atoms with van der Waals surface area (Å²) in [6.45, 7) is 0.155. The SMILES string of the molecule is COC(=O)C[C@H](NC(=O)CC1(NC(=O)OCC2c3ccccc3-c3ccccc32)CC1)C(=O)O. The van der Waals surface area contributed by atoms with Gasteiger partial charge in [0.05, 0.1) is 19.1 Å². The fourth-order valence-electron chi connectivity index (χ4n) is 4.35. The van der Waals surface area contributed by atoms with Crippen molar-refractivity contribution < 1.29 is 33.8 Å². The van der Waals surface area contributed by atoms with Crippen LogP contribution in [0.5, 0.6) is 0 Å². The molecule has 178 valence electrons. The van der Waals surface area contributed by atoms with E-state index < -0.39 is 41.9 Å². The zero-order valence-electron chi connectivity index (χ0n) is 18.7. The van der Waals surface area contributed by atoms with E-state index in [0.717, 1.165) is 29.4 Å². The van der Waals surface area contributed by atoms with Gasteiger partial charge in [-0.1, -0.05) is 48.5 Å². The number of ether oxygens (including phenoxy) is 2. The molecule has 2 aromatic carbocycles. The maximum atomic E-state index is 12.6. The van der Waals surface area contributed by atoms with Crippen LogP contribution in [0.25, 0.3) is 11.1 Å². The maximum Gasteiger partial charge on any atom is 0.407 e. The smallest absolute Gasteiger partial charge is 0.407 e. The lowest BCUT2D eigenvalue weighted by Gasteiger charge is -2.20. The average Bonchev–Trinajstić information content (AvgIpc) is 3.48. The van der Waals surface area contributed by atoms with E-state index in [-0.39, 0.29) is 18.9 Å². The standard InChI is InChI=1S/C25H26N2O7/c1-33-22(29)12-20(23(30)31)26-21(28)13-25(10-11-25)27-24(32)34-14-19-17-8-4-2-6-15(17)16-7-3-5-9-18(16)19/h2-9,19-20H,10-14H2,1H3,(H,26,28)(H,27,32)(H,30,31)/t20-/m0/s1. The molecule has 34 heavy (non-hydrogen) atoms. The van der Waals surface area contributed by atoms with Crippen LogP contribution in [0.4, 0.5) is 4.79 Å². The van der Waals surface area contributed by atoms with E-state index in [1.54, 1.807) is 0 Å². The molecule has 0 heterocycles. The van der Waals surface area contributed by atoms with Crippen molar-refractivity contribution in [1.82, 2.24) is 10.6 Å². The maximum absolute atomic E-state index is 12.6. The van der Waals surface area contributed by atoms with Crippen molar-refractivity contribution in [2.75, 3.05) is 13.7 Å². The molecular formula is C25H26N2O7. The topological polar surface area (TPSA) is 131 Å². The summed E-state index contributed by atoms with van der Waals surface area (Å²) in [6.07, 6.45) is -0.0814. The van der Waals surface area contributed by atoms with E-state index in [4.69, 9.17) is 4.74 Å². The van der Waals surface area contributed by atoms with Gasteiger partial charge < -0.3 is 25.2 Å². The van der Waals surface area contributed by atoms with Crippen LogP contribution in [0.3, 0.4) is 0 Å². The van der Waals surface area contributed by atoms with E-state index in [0.29, 0.717) is 12.8 Å². The molecule has 2 aromatic rings. The summed E-state index contributed by atoms with van der Waals surface area (Å²) >= 11 is 0. The number of rotatable bonds is 9. The molecule has 0 unspecified atom stereocenters. The summed E-state index contributed by atoms with van der Waals surface area (Å²) in [5, 5.41) is 14.3. The minimum Gasteiger partial charge on any atom is -0.480 e. The zero-order chi connectivity index (χ0) is 24.3. The van der Waals surface area contributed by atoms with Crippen molar-refractivity contribution in [2.45, 2.75) is 43.2 Å². The number of nitrogens with one attached hydrogen (secondary N) is 2. The third-order valence-corrected chi connectivity index (χ3v) is 6.30. The second kappa shape index (κ2) is 9.54. The largest absolute Gasteiger partial charge is 0.480 e. The lowest BCUT2D eigenvalue weighted by atomic mass is 9.98. The minimum atomic E-state index is -1.40. The van der Waals surface area contributed by atoms with Gasteiger partial charge in [0.25, 0.3) is 0 Å². The molecule has 1 atom stereocenters. The number of carboxylic acids is 1. The Balaban J connectivity index is 1.33. The van der Waals surface area contributed by atoms with Crippen LogP contribution in [-0.2, 0) is 23.9 Å². The Morgan fingerprint density at radius 1 is 1.03 bits per heavy atom. The molecule has 4 rings (SSSR count). The van der Waals surface area contributed by atoms with Gasteiger partial charge in [0.2, 0.25) is 5.91 Å². The molecule has 0 spiro atoms. The number of hydrogen-bond donors (Lipinski definition) is 3. The zero-order valence-corrected chi connectivity index (χ0v) is 18.7. The van der Waals surface area contributed by atoms with Crippen LogP contribution < -0.4 is 10.6 Å². The number of benzene rings is 2. The first kappa shape index (κ1) is 23.3. The van der Waals surface area contributed by atoms with Crippen molar-refractivity contribution in [3.63, 3.8) is 0 Å². The summed E-state index contributed by atoms with van der Waals surface area (Å²) in [4.78, 5) is 47.6. The molecule has 2 aliphatic carbocycles. The molecule has 0 radical (unpaired) electrons. The van der Waals surface area contributed by atoms with E-state index in [1.807, 2.05) is 36.4 Å². The van der Waals surface area contributed by atoms with Gasteiger partial charge in [-0.15, -0.1) is 0 Å². The van der Waals surface area contributed by atoms with Gasteiger partial charge in [-0.3, -0.25) is 9.59 Å². The first-order valence-corrected chi connectivity index (χ1v) is 11.0.